The van der Waals surface area contributed by atoms with Crippen molar-refractivity contribution in [3.05, 3.63) is 65.2 Å². The quantitative estimate of drug-likeness (QED) is 0.595. The highest BCUT2D eigenvalue weighted by Gasteiger charge is 2.21. The molecule has 4 nitrogen and oxygen atoms in total. The summed E-state index contributed by atoms with van der Waals surface area (Å²) < 4.78 is 0. The van der Waals surface area contributed by atoms with Crippen LogP contribution >= 0.6 is 0 Å². The van der Waals surface area contributed by atoms with Crippen molar-refractivity contribution in [2.45, 2.75) is 52.4 Å². The van der Waals surface area contributed by atoms with Gasteiger partial charge in [-0.05, 0) is 69.4 Å². The second-order valence-electron chi connectivity index (χ2n) is 8.78. The van der Waals surface area contributed by atoms with Crippen LogP contribution in [0.5, 0.6) is 0 Å². The monoisotopic (exact) mass is 406 g/mol. The van der Waals surface area contributed by atoms with Gasteiger partial charge in [0.05, 0.1) is 0 Å². The molecule has 0 unspecified atom stereocenters. The number of rotatable bonds is 8. The Balaban J connectivity index is 1.43. The third kappa shape index (κ3) is 6.27. The lowest BCUT2D eigenvalue weighted by atomic mass is 9.89. The lowest BCUT2D eigenvalue weighted by Gasteiger charge is -2.32. The summed E-state index contributed by atoms with van der Waals surface area (Å²) in [6, 6.07) is 16.2. The van der Waals surface area contributed by atoms with Gasteiger partial charge in [-0.25, -0.2) is 0 Å². The predicted molar refractivity (Wildman–Crippen MR) is 123 cm³/mol. The molecule has 160 valence electrons. The standard InChI is InChI=1S/C26H34N2O2/c1-19(2)26(30)27-24-7-4-6-23(18-24)21-13-16-28(17-14-21)15-5-8-25(29)22-11-9-20(3)10-12-22/h4,6-7,9-12,18-19,21H,5,8,13-17H2,1-3H3,(H,27,30). The highest BCUT2D eigenvalue weighted by atomic mass is 16.1. The molecule has 0 radical (unpaired) electrons. The number of piperidine rings is 1. The van der Waals surface area contributed by atoms with Gasteiger partial charge >= 0.3 is 0 Å². The molecular formula is C26H34N2O2. The summed E-state index contributed by atoms with van der Waals surface area (Å²) in [6.07, 6.45) is 3.76. The van der Waals surface area contributed by atoms with Crippen molar-refractivity contribution >= 4 is 17.4 Å². The number of aryl methyl sites for hydroxylation is 1. The Hall–Kier alpha value is -2.46. The molecule has 1 fully saturated rings. The molecule has 0 aromatic heterocycles. The lowest BCUT2D eigenvalue weighted by Crippen LogP contribution is -2.33. The van der Waals surface area contributed by atoms with E-state index in [2.05, 4.69) is 22.3 Å². The molecule has 4 heteroatoms. The minimum atomic E-state index is -0.0187. The Morgan fingerprint density at radius 1 is 1.07 bits per heavy atom. The van der Waals surface area contributed by atoms with E-state index in [0.717, 1.165) is 50.1 Å². The number of carbonyl (C=O) groups excluding carboxylic acids is 2. The van der Waals surface area contributed by atoms with Gasteiger partial charge in [0.25, 0.3) is 0 Å². The minimum absolute atomic E-state index is 0.0187. The highest BCUT2D eigenvalue weighted by molar-refractivity contribution is 5.96. The Bertz CT molecular complexity index is 850. The van der Waals surface area contributed by atoms with Crippen LogP contribution in [0, 0.1) is 12.8 Å². The Kier molecular flexibility index (Phi) is 7.81. The van der Waals surface area contributed by atoms with Crippen molar-refractivity contribution in [2.75, 3.05) is 25.0 Å². The van der Waals surface area contributed by atoms with E-state index in [9.17, 15) is 9.59 Å². The zero-order valence-electron chi connectivity index (χ0n) is 18.5. The van der Waals surface area contributed by atoms with E-state index in [1.165, 1.54) is 11.1 Å². The largest absolute Gasteiger partial charge is 0.326 e. The molecule has 1 aliphatic rings. The van der Waals surface area contributed by atoms with Gasteiger partial charge in [0.1, 0.15) is 0 Å². The van der Waals surface area contributed by atoms with Gasteiger partial charge in [-0.1, -0.05) is 55.8 Å². The predicted octanol–water partition coefficient (Wildman–Crippen LogP) is 5.43. The fraction of sp³-hybridized carbons (Fsp3) is 0.462. The molecule has 2 aromatic carbocycles. The molecule has 0 saturated carbocycles. The molecule has 1 amide bonds. The average Bonchev–Trinajstić information content (AvgIpc) is 2.75. The van der Waals surface area contributed by atoms with Gasteiger partial charge in [-0.3, -0.25) is 9.59 Å². The van der Waals surface area contributed by atoms with Crippen LogP contribution in [0.3, 0.4) is 0 Å². The van der Waals surface area contributed by atoms with Crippen molar-refractivity contribution < 1.29 is 9.59 Å². The lowest BCUT2D eigenvalue weighted by molar-refractivity contribution is -0.118. The first kappa shape index (κ1) is 22.2. The maximum absolute atomic E-state index is 12.3. The molecule has 0 atom stereocenters. The number of carbonyl (C=O) groups is 2. The van der Waals surface area contributed by atoms with Gasteiger partial charge < -0.3 is 10.2 Å². The van der Waals surface area contributed by atoms with Gasteiger partial charge in [0.15, 0.2) is 5.78 Å². The number of ketones is 1. The minimum Gasteiger partial charge on any atom is -0.326 e. The van der Waals surface area contributed by atoms with E-state index in [-0.39, 0.29) is 17.6 Å². The van der Waals surface area contributed by atoms with Crippen LogP contribution in [0.25, 0.3) is 0 Å². The maximum atomic E-state index is 12.3. The summed E-state index contributed by atoms with van der Waals surface area (Å²) in [7, 11) is 0. The summed E-state index contributed by atoms with van der Waals surface area (Å²) in [5, 5.41) is 3.00. The summed E-state index contributed by atoms with van der Waals surface area (Å²) in [5.41, 5.74) is 4.21. The number of amides is 1. The summed E-state index contributed by atoms with van der Waals surface area (Å²) in [5.74, 6) is 0.813. The number of hydrogen-bond acceptors (Lipinski definition) is 3. The van der Waals surface area contributed by atoms with Crippen LogP contribution in [0.15, 0.2) is 48.5 Å². The SMILES string of the molecule is Cc1ccc(C(=O)CCCN2CCC(c3cccc(NC(=O)C(C)C)c3)CC2)cc1. The van der Waals surface area contributed by atoms with Crippen molar-refractivity contribution in [1.82, 2.24) is 4.90 Å². The molecular weight excluding hydrogens is 372 g/mol. The van der Waals surface area contributed by atoms with E-state index in [1.54, 1.807) is 0 Å². The second-order valence-corrected chi connectivity index (χ2v) is 8.78. The Morgan fingerprint density at radius 2 is 1.77 bits per heavy atom. The first-order chi connectivity index (χ1) is 14.4. The smallest absolute Gasteiger partial charge is 0.226 e. The first-order valence-corrected chi connectivity index (χ1v) is 11.2. The Labute approximate surface area is 180 Å². The van der Waals surface area contributed by atoms with E-state index >= 15 is 0 Å². The zero-order chi connectivity index (χ0) is 21.5. The zero-order valence-corrected chi connectivity index (χ0v) is 18.5. The van der Waals surface area contributed by atoms with Crippen molar-refractivity contribution in [3.63, 3.8) is 0 Å². The number of nitrogens with one attached hydrogen (secondary N) is 1. The fourth-order valence-electron chi connectivity index (χ4n) is 3.99. The molecule has 0 bridgehead atoms. The average molecular weight is 407 g/mol. The second kappa shape index (κ2) is 10.5. The summed E-state index contributed by atoms with van der Waals surface area (Å²) >= 11 is 0. The molecule has 30 heavy (non-hydrogen) atoms. The number of anilines is 1. The van der Waals surface area contributed by atoms with Gasteiger partial charge in [-0.2, -0.15) is 0 Å². The fourth-order valence-corrected chi connectivity index (χ4v) is 3.99. The molecule has 1 heterocycles. The van der Waals surface area contributed by atoms with Crippen molar-refractivity contribution in [1.29, 1.82) is 0 Å². The number of Topliss-reactive ketones (excluding diaryl/α,β-unsaturated/α-hetero) is 1. The number of hydrogen-bond donors (Lipinski definition) is 1. The number of likely N-dealkylation sites (tertiary alicyclic amines) is 1. The van der Waals surface area contributed by atoms with Crippen LogP contribution in [0.2, 0.25) is 0 Å². The number of benzene rings is 2. The number of nitrogens with zero attached hydrogens (tertiary/aromatic N) is 1. The molecule has 2 aromatic rings. The molecule has 0 spiro atoms. The topological polar surface area (TPSA) is 49.4 Å². The third-order valence-corrected chi connectivity index (χ3v) is 5.99. The van der Waals surface area contributed by atoms with Crippen LogP contribution < -0.4 is 5.32 Å². The van der Waals surface area contributed by atoms with E-state index < -0.39 is 0 Å². The van der Waals surface area contributed by atoms with Crippen LogP contribution in [0.4, 0.5) is 5.69 Å². The molecule has 1 N–H and O–H groups in total. The van der Waals surface area contributed by atoms with Gasteiger partial charge in [0, 0.05) is 23.6 Å². The van der Waals surface area contributed by atoms with Crippen LogP contribution in [-0.2, 0) is 4.79 Å². The first-order valence-electron chi connectivity index (χ1n) is 11.2. The Morgan fingerprint density at radius 3 is 2.43 bits per heavy atom. The highest BCUT2D eigenvalue weighted by Crippen LogP contribution is 2.29. The maximum Gasteiger partial charge on any atom is 0.226 e. The van der Waals surface area contributed by atoms with Gasteiger partial charge in [0.2, 0.25) is 5.91 Å². The molecule has 0 aliphatic carbocycles. The van der Waals surface area contributed by atoms with Gasteiger partial charge in [-0.15, -0.1) is 0 Å². The third-order valence-electron chi connectivity index (χ3n) is 5.99. The van der Waals surface area contributed by atoms with Crippen molar-refractivity contribution in [2.24, 2.45) is 5.92 Å². The normalized spacial score (nSPS) is 15.3. The van der Waals surface area contributed by atoms with Crippen LogP contribution in [-0.4, -0.2) is 36.2 Å². The van der Waals surface area contributed by atoms with Crippen LogP contribution in [0.1, 0.15) is 66.9 Å². The van der Waals surface area contributed by atoms with E-state index in [4.69, 9.17) is 0 Å². The summed E-state index contributed by atoms with van der Waals surface area (Å²) in [6.45, 7) is 8.95. The molecule has 1 aliphatic heterocycles. The van der Waals surface area contributed by atoms with E-state index in [0.29, 0.717) is 12.3 Å². The molecule has 1 saturated heterocycles. The summed E-state index contributed by atoms with van der Waals surface area (Å²) in [4.78, 5) is 26.8. The van der Waals surface area contributed by atoms with Crippen molar-refractivity contribution in [3.8, 4) is 0 Å². The molecule has 3 rings (SSSR count). The van der Waals surface area contributed by atoms with E-state index in [1.807, 2.05) is 57.2 Å².